The molecule has 0 radical (unpaired) electrons. The molecule has 4 N–H and O–H groups in total. The molecule has 1 aromatic rings. The lowest BCUT2D eigenvalue weighted by molar-refractivity contribution is -0.122. The largest absolute Gasteiger partial charge is 0.394 e. The van der Waals surface area contributed by atoms with Crippen molar-refractivity contribution in [2.75, 3.05) is 6.61 Å². The van der Waals surface area contributed by atoms with Crippen molar-refractivity contribution in [3.63, 3.8) is 0 Å². The van der Waals surface area contributed by atoms with Crippen molar-refractivity contribution in [1.82, 2.24) is 5.32 Å². The van der Waals surface area contributed by atoms with Crippen LogP contribution in [0.5, 0.6) is 0 Å². The average molecular weight is 264 g/mol. The van der Waals surface area contributed by atoms with Gasteiger partial charge in [-0.1, -0.05) is 43.7 Å². The van der Waals surface area contributed by atoms with E-state index in [0.29, 0.717) is 12.8 Å². The first-order valence-corrected chi connectivity index (χ1v) is 6.85. The Kier molecular flexibility index (Phi) is 7.15. The standard InChI is InChI=1S/C15H24N2O2/c1-2-6-13(16)10-15(19)17-14(11-18)9-12-7-4-3-5-8-12/h3-5,7-8,13-14,18H,2,6,9-11,16H2,1H3,(H,17,19)/t13?,14-/m0/s1. The third-order valence-electron chi connectivity index (χ3n) is 3.02. The van der Waals surface area contributed by atoms with Crippen LogP contribution in [0.2, 0.25) is 0 Å². The fourth-order valence-electron chi connectivity index (χ4n) is 2.06. The summed E-state index contributed by atoms with van der Waals surface area (Å²) < 4.78 is 0. The topological polar surface area (TPSA) is 75.4 Å². The fourth-order valence-corrected chi connectivity index (χ4v) is 2.06. The Hall–Kier alpha value is -1.39. The highest BCUT2D eigenvalue weighted by molar-refractivity contribution is 5.76. The average Bonchev–Trinajstić information content (AvgIpc) is 2.39. The summed E-state index contributed by atoms with van der Waals surface area (Å²) >= 11 is 0. The molecule has 0 heterocycles. The molecule has 2 atom stereocenters. The van der Waals surface area contributed by atoms with E-state index in [1.165, 1.54) is 0 Å². The van der Waals surface area contributed by atoms with E-state index < -0.39 is 0 Å². The highest BCUT2D eigenvalue weighted by atomic mass is 16.3. The summed E-state index contributed by atoms with van der Waals surface area (Å²) in [6.07, 6.45) is 2.77. The quantitative estimate of drug-likeness (QED) is 0.661. The highest BCUT2D eigenvalue weighted by Gasteiger charge is 2.14. The first-order valence-electron chi connectivity index (χ1n) is 6.85. The molecular weight excluding hydrogens is 240 g/mol. The number of aliphatic hydroxyl groups excluding tert-OH is 1. The number of nitrogens with two attached hydrogens (primary N) is 1. The summed E-state index contributed by atoms with van der Waals surface area (Å²) in [6, 6.07) is 9.46. The Bertz CT molecular complexity index is 368. The zero-order valence-corrected chi connectivity index (χ0v) is 11.5. The first kappa shape index (κ1) is 15.7. The molecule has 0 aromatic heterocycles. The Morgan fingerprint density at radius 2 is 2.05 bits per heavy atom. The van der Waals surface area contributed by atoms with Crippen molar-refractivity contribution >= 4 is 5.91 Å². The number of aliphatic hydroxyl groups is 1. The van der Waals surface area contributed by atoms with E-state index in [2.05, 4.69) is 5.32 Å². The summed E-state index contributed by atoms with van der Waals surface area (Å²) in [5.74, 6) is -0.0871. The summed E-state index contributed by atoms with van der Waals surface area (Å²) in [5.41, 5.74) is 6.93. The number of carbonyl (C=O) groups excluding carboxylic acids is 1. The second kappa shape index (κ2) is 8.67. The molecule has 106 valence electrons. The van der Waals surface area contributed by atoms with Gasteiger partial charge in [-0.3, -0.25) is 4.79 Å². The Morgan fingerprint density at radius 1 is 1.37 bits per heavy atom. The number of carbonyl (C=O) groups is 1. The predicted octanol–water partition coefficient (Wildman–Crippen LogP) is 1.22. The van der Waals surface area contributed by atoms with Gasteiger partial charge < -0.3 is 16.2 Å². The molecule has 4 nitrogen and oxygen atoms in total. The van der Waals surface area contributed by atoms with Crippen LogP contribution in [-0.4, -0.2) is 29.7 Å². The zero-order chi connectivity index (χ0) is 14.1. The number of nitrogens with one attached hydrogen (secondary N) is 1. The minimum Gasteiger partial charge on any atom is -0.394 e. The molecular formula is C15H24N2O2. The molecule has 4 heteroatoms. The summed E-state index contributed by atoms with van der Waals surface area (Å²) in [6.45, 7) is 1.98. The first-order chi connectivity index (χ1) is 9.15. The number of benzene rings is 1. The molecule has 1 rings (SSSR count). The van der Waals surface area contributed by atoms with E-state index in [1.807, 2.05) is 37.3 Å². The van der Waals surface area contributed by atoms with Crippen molar-refractivity contribution in [2.45, 2.75) is 44.7 Å². The second-order valence-corrected chi connectivity index (χ2v) is 4.89. The lowest BCUT2D eigenvalue weighted by atomic mass is 10.1. The maximum Gasteiger partial charge on any atom is 0.221 e. The van der Waals surface area contributed by atoms with Gasteiger partial charge in [0, 0.05) is 12.5 Å². The van der Waals surface area contributed by atoms with E-state index in [9.17, 15) is 9.90 Å². The lowest BCUT2D eigenvalue weighted by Crippen LogP contribution is -2.41. The normalized spacial score (nSPS) is 13.8. The van der Waals surface area contributed by atoms with Crippen molar-refractivity contribution in [2.24, 2.45) is 5.73 Å². The molecule has 19 heavy (non-hydrogen) atoms. The van der Waals surface area contributed by atoms with Gasteiger partial charge in [0.15, 0.2) is 0 Å². The van der Waals surface area contributed by atoms with Crippen LogP contribution >= 0.6 is 0 Å². The third-order valence-corrected chi connectivity index (χ3v) is 3.02. The van der Waals surface area contributed by atoms with Crippen LogP contribution in [0, 0.1) is 0 Å². The number of amides is 1. The maximum absolute atomic E-state index is 11.8. The van der Waals surface area contributed by atoms with Crippen molar-refractivity contribution in [3.8, 4) is 0 Å². The molecule has 0 aliphatic carbocycles. The monoisotopic (exact) mass is 264 g/mol. The van der Waals surface area contributed by atoms with Crippen molar-refractivity contribution in [3.05, 3.63) is 35.9 Å². The molecule has 0 aliphatic rings. The molecule has 0 spiro atoms. The minimum absolute atomic E-state index is 0.0658. The summed E-state index contributed by atoms with van der Waals surface area (Å²) in [7, 11) is 0. The van der Waals surface area contributed by atoms with Gasteiger partial charge in [0.05, 0.1) is 12.6 Å². The predicted molar refractivity (Wildman–Crippen MR) is 76.7 cm³/mol. The van der Waals surface area contributed by atoms with Crippen LogP contribution in [0.25, 0.3) is 0 Å². The summed E-state index contributed by atoms with van der Waals surface area (Å²) in [5, 5.41) is 12.2. The van der Waals surface area contributed by atoms with Crippen LogP contribution in [0.15, 0.2) is 30.3 Å². The molecule has 1 amide bonds. The van der Waals surface area contributed by atoms with Gasteiger partial charge in [0.2, 0.25) is 5.91 Å². The van der Waals surface area contributed by atoms with Gasteiger partial charge in [0.1, 0.15) is 0 Å². The highest BCUT2D eigenvalue weighted by Crippen LogP contribution is 2.04. The third kappa shape index (κ3) is 6.36. The number of hydrogen-bond donors (Lipinski definition) is 3. The molecule has 0 aliphatic heterocycles. The van der Waals surface area contributed by atoms with Crippen LogP contribution in [0.4, 0.5) is 0 Å². The van der Waals surface area contributed by atoms with Crippen LogP contribution in [-0.2, 0) is 11.2 Å². The lowest BCUT2D eigenvalue weighted by Gasteiger charge is -2.18. The van der Waals surface area contributed by atoms with E-state index in [4.69, 9.17) is 5.73 Å². The van der Waals surface area contributed by atoms with Crippen LogP contribution < -0.4 is 11.1 Å². The van der Waals surface area contributed by atoms with Gasteiger partial charge >= 0.3 is 0 Å². The molecule has 1 aromatic carbocycles. The molecule has 0 fully saturated rings. The SMILES string of the molecule is CCCC(N)CC(=O)N[C@H](CO)Cc1ccccc1. The van der Waals surface area contributed by atoms with Crippen LogP contribution in [0.3, 0.4) is 0 Å². The zero-order valence-electron chi connectivity index (χ0n) is 11.5. The van der Waals surface area contributed by atoms with E-state index in [0.717, 1.165) is 18.4 Å². The number of rotatable bonds is 8. The van der Waals surface area contributed by atoms with Crippen LogP contribution in [0.1, 0.15) is 31.7 Å². The number of hydrogen-bond acceptors (Lipinski definition) is 3. The Morgan fingerprint density at radius 3 is 2.63 bits per heavy atom. The van der Waals surface area contributed by atoms with E-state index >= 15 is 0 Å². The fraction of sp³-hybridized carbons (Fsp3) is 0.533. The second-order valence-electron chi connectivity index (χ2n) is 4.89. The Balaban J connectivity index is 2.41. The minimum atomic E-state index is -0.247. The van der Waals surface area contributed by atoms with Gasteiger partial charge in [0.25, 0.3) is 0 Å². The molecule has 0 saturated carbocycles. The van der Waals surface area contributed by atoms with Gasteiger partial charge in [-0.15, -0.1) is 0 Å². The summed E-state index contributed by atoms with van der Waals surface area (Å²) in [4.78, 5) is 11.8. The smallest absolute Gasteiger partial charge is 0.221 e. The van der Waals surface area contributed by atoms with Gasteiger partial charge in [-0.25, -0.2) is 0 Å². The van der Waals surface area contributed by atoms with Crippen molar-refractivity contribution < 1.29 is 9.90 Å². The van der Waals surface area contributed by atoms with E-state index in [1.54, 1.807) is 0 Å². The van der Waals surface area contributed by atoms with Gasteiger partial charge in [-0.2, -0.15) is 0 Å². The van der Waals surface area contributed by atoms with Crippen molar-refractivity contribution in [1.29, 1.82) is 0 Å². The molecule has 1 unspecified atom stereocenters. The van der Waals surface area contributed by atoms with E-state index in [-0.39, 0.29) is 24.6 Å². The maximum atomic E-state index is 11.8. The molecule has 0 saturated heterocycles. The van der Waals surface area contributed by atoms with Gasteiger partial charge in [-0.05, 0) is 18.4 Å². The molecule has 0 bridgehead atoms. The Labute approximate surface area is 115 Å².